The average Bonchev–Trinajstić information content (AvgIpc) is 3.27. The van der Waals surface area contributed by atoms with Crippen molar-refractivity contribution >= 4 is 15.9 Å². The number of morpholine rings is 1. The van der Waals surface area contributed by atoms with Crippen molar-refractivity contribution in [1.29, 1.82) is 0 Å². The van der Waals surface area contributed by atoms with Gasteiger partial charge in [-0.2, -0.15) is 9.29 Å². The molecular formula is C22H24N4O6S. The van der Waals surface area contributed by atoms with Crippen LogP contribution in [0.2, 0.25) is 0 Å². The highest BCUT2D eigenvalue weighted by atomic mass is 32.2. The summed E-state index contributed by atoms with van der Waals surface area (Å²) in [6.07, 6.45) is 0. The highest BCUT2D eigenvalue weighted by Crippen LogP contribution is 2.20. The number of benzene rings is 2. The lowest BCUT2D eigenvalue weighted by molar-refractivity contribution is 0.0730. The van der Waals surface area contributed by atoms with Crippen molar-refractivity contribution in [2.75, 3.05) is 26.3 Å². The van der Waals surface area contributed by atoms with Gasteiger partial charge in [-0.15, -0.1) is 0 Å². The number of amides is 1. The Morgan fingerprint density at radius 1 is 1.12 bits per heavy atom. The van der Waals surface area contributed by atoms with Crippen LogP contribution >= 0.6 is 0 Å². The quantitative estimate of drug-likeness (QED) is 0.527. The maximum Gasteiger partial charge on any atom is 0.255 e. The van der Waals surface area contributed by atoms with Crippen LogP contribution in [0.3, 0.4) is 0 Å². The Morgan fingerprint density at radius 3 is 2.55 bits per heavy atom. The van der Waals surface area contributed by atoms with Crippen molar-refractivity contribution in [2.45, 2.75) is 25.0 Å². The minimum Gasteiger partial charge on any atom is -0.485 e. The van der Waals surface area contributed by atoms with Crippen LogP contribution in [0.5, 0.6) is 5.75 Å². The summed E-state index contributed by atoms with van der Waals surface area (Å²) in [6, 6.07) is 13.3. The first-order valence-corrected chi connectivity index (χ1v) is 11.8. The van der Waals surface area contributed by atoms with Gasteiger partial charge in [-0.3, -0.25) is 4.79 Å². The molecule has 0 atom stereocenters. The van der Waals surface area contributed by atoms with Crippen molar-refractivity contribution < 1.29 is 27.2 Å². The van der Waals surface area contributed by atoms with Crippen LogP contribution in [-0.2, 0) is 27.9 Å². The molecule has 11 heteroatoms. The van der Waals surface area contributed by atoms with Gasteiger partial charge in [0.2, 0.25) is 21.7 Å². The molecule has 174 valence electrons. The molecule has 0 bridgehead atoms. The SMILES string of the molecule is Cc1nc(COc2ccccc2C(=O)NCc2ccc(S(=O)(=O)N3CCOCC3)cc2)no1. The first kappa shape index (κ1) is 22.9. The summed E-state index contributed by atoms with van der Waals surface area (Å²) in [7, 11) is -3.55. The molecule has 2 aromatic carbocycles. The number of para-hydroxylation sites is 1. The Kier molecular flexibility index (Phi) is 7.02. The summed E-state index contributed by atoms with van der Waals surface area (Å²) in [4.78, 5) is 17.0. The summed E-state index contributed by atoms with van der Waals surface area (Å²) in [5.41, 5.74) is 1.13. The molecule has 0 unspecified atom stereocenters. The van der Waals surface area contributed by atoms with Gasteiger partial charge in [-0.25, -0.2) is 8.42 Å². The molecule has 1 aliphatic rings. The number of aromatic nitrogens is 2. The van der Waals surface area contributed by atoms with Crippen LogP contribution < -0.4 is 10.1 Å². The Hall–Kier alpha value is -3.28. The normalized spacial score (nSPS) is 14.7. The fraction of sp³-hybridized carbons (Fsp3) is 0.318. The summed E-state index contributed by atoms with van der Waals surface area (Å²) < 4.78 is 42.7. The molecule has 1 aromatic heterocycles. The molecule has 1 fully saturated rings. The van der Waals surface area contributed by atoms with Crippen LogP contribution in [0.1, 0.15) is 27.6 Å². The van der Waals surface area contributed by atoms with Crippen LogP contribution in [0.4, 0.5) is 0 Å². The molecule has 0 spiro atoms. The number of sulfonamides is 1. The smallest absolute Gasteiger partial charge is 0.255 e. The summed E-state index contributed by atoms with van der Waals surface area (Å²) >= 11 is 0. The lowest BCUT2D eigenvalue weighted by atomic mass is 10.1. The summed E-state index contributed by atoms with van der Waals surface area (Å²) in [5.74, 6) is 0.891. The minimum atomic E-state index is -3.55. The average molecular weight is 473 g/mol. The third kappa shape index (κ3) is 5.56. The van der Waals surface area contributed by atoms with Gasteiger partial charge >= 0.3 is 0 Å². The number of hydrogen-bond donors (Lipinski definition) is 1. The molecule has 10 nitrogen and oxygen atoms in total. The molecule has 1 amide bonds. The van der Waals surface area contributed by atoms with Gasteiger partial charge in [0, 0.05) is 26.6 Å². The third-order valence-electron chi connectivity index (χ3n) is 5.04. The lowest BCUT2D eigenvalue weighted by Gasteiger charge is -2.26. The number of hydrogen-bond acceptors (Lipinski definition) is 8. The molecule has 0 radical (unpaired) electrons. The Morgan fingerprint density at radius 2 is 1.85 bits per heavy atom. The lowest BCUT2D eigenvalue weighted by Crippen LogP contribution is -2.40. The zero-order valence-electron chi connectivity index (χ0n) is 18.1. The van der Waals surface area contributed by atoms with E-state index in [1.807, 2.05) is 0 Å². The molecule has 33 heavy (non-hydrogen) atoms. The first-order chi connectivity index (χ1) is 15.9. The number of nitrogens with zero attached hydrogens (tertiary/aromatic N) is 3. The minimum absolute atomic E-state index is 0.0702. The maximum absolute atomic E-state index is 12.7. The van der Waals surface area contributed by atoms with E-state index in [0.29, 0.717) is 49.3 Å². The molecule has 1 aliphatic heterocycles. The van der Waals surface area contributed by atoms with Gasteiger partial charge in [0.25, 0.3) is 5.91 Å². The third-order valence-corrected chi connectivity index (χ3v) is 6.96. The predicted molar refractivity (Wildman–Crippen MR) is 117 cm³/mol. The second kappa shape index (κ2) is 10.1. The molecule has 4 rings (SSSR count). The van der Waals surface area contributed by atoms with Gasteiger partial charge in [-0.1, -0.05) is 29.4 Å². The first-order valence-electron chi connectivity index (χ1n) is 10.4. The Balaban J connectivity index is 1.37. The van der Waals surface area contributed by atoms with E-state index in [1.165, 1.54) is 4.31 Å². The number of ether oxygens (including phenoxy) is 2. The number of carbonyl (C=O) groups is 1. The highest BCUT2D eigenvalue weighted by Gasteiger charge is 2.26. The molecule has 1 N–H and O–H groups in total. The van der Waals surface area contributed by atoms with E-state index in [1.54, 1.807) is 55.5 Å². The molecule has 0 aliphatic carbocycles. The number of rotatable bonds is 8. The van der Waals surface area contributed by atoms with E-state index in [9.17, 15) is 13.2 Å². The van der Waals surface area contributed by atoms with E-state index in [2.05, 4.69) is 15.5 Å². The number of aryl methyl sites for hydroxylation is 1. The van der Waals surface area contributed by atoms with E-state index < -0.39 is 10.0 Å². The van der Waals surface area contributed by atoms with Crippen molar-refractivity contribution in [3.63, 3.8) is 0 Å². The predicted octanol–water partition coefficient (Wildman–Crippen LogP) is 1.91. The van der Waals surface area contributed by atoms with Gasteiger partial charge in [0.05, 0.1) is 23.7 Å². The molecule has 3 aromatic rings. The van der Waals surface area contributed by atoms with E-state index in [-0.39, 0.29) is 24.0 Å². The van der Waals surface area contributed by atoms with Crippen molar-refractivity contribution in [3.05, 3.63) is 71.4 Å². The standard InChI is InChI=1S/C22H24N4O6S/c1-16-24-21(25-32-16)15-31-20-5-3-2-4-19(20)22(27)23-14-17-6-8-18(9-7-17)33(28,29)26-10-12-30-13-11-26/h2-9H,10-15H2,1H3,(H,23,27). The zero-order valence-corrected chi connectivity index (χ0v) is 18.9. The molecule has 0 saturated carbocycles. The van der Waals surface area contributed by atoms with Crippen LogP contribution in [0.15, 0.2) is 57.9 Å². The monoisotopic (exact) mass is 472 g/mol. The van der Waals surface area contributed by atoms with Crippen molar-refractivity contribution in [2.24, 2.45) is 0 Å². The fourth-order valence-electron chi connectivity index (χ4n) is 3.32. The second-order valence-corrected chi connectivity index (χ2v) is 9.30. The second-order valence-electron chi connectivity index (χ2n) is 7.36. The van der Waals surface area contributed by atoms with Crippen LogP contribution in [0.25, 0.3) is 0 Å². The maximum atomic E-state index is 12.7. The molecule has 2 heterocycles. The van der Waals surface area contributed by atoms with Gasteiger partial charge in [-0.05, 0) is 29.8 Å². The van der Waals surface area contributed by atoms with Gasteiger partial charge in [0.15, 0.2) is 6.61 Å². The largest absolute Gasteiger partial charge is 0.485 e. The van der Waals surface area contributed by atoms with Crippen molar-refractivity contribution in [1.82, 2.24) is 19.8 Å². The molecule has 1 saturated heterocycles. The van der Waals surface area contributed by atoms with E-state index in [0.717, 1.165) is 5.56 Å². The van der Waals surface area contributed by atoms with Crippen LogP contribution in [0, 0.1) is 6.92 Å². The fourth-order valence-corrected chi connectivity index (χ4v) is 4.72. The zero-order chi connectivity index (χ0) is 23.3. The topological polar surface area (TPSA) is 124 Å². The van der Waals surface area contributed by atoms with E-state index >= 15 is 0 Å². The highest BCUT2D eigenvalue weighted by molar-refractivity contribution is 7.89. The number of nitrogens with one attached hydrogen (secondary N) is 1. The van der Waals surface area contributed by atoms with Crippen molar-refractivity contribution in [3.8, 4) is 5.75 Å². The van der Waals surface area contributed by atoms with Crippen LogP contribution in [-0.4, -0.2) is 55.1 Å². The Labute approximate surface area is 191 Å². The summed E-state index contributed by atoms with van der Waals surface area (Å²) in [5, 5.41) is 6.61. The van der Waals surface area contributed by atoms with Gasteiger partial charge in [0.1, 0.15) is 5.75 Å². The number of carbonyl (C=O) groups excluding carboxylic acids is 1. The molecular weight excluding hydrogens is 448 g/mol. The summed E-state index contributed by atoms with van der Waals surface area (Å²) in [6.45, 7) is 3.45. The Bertz CT molecular complexity index is 1200. The van der Waals surface area contributed by atoms with E-state index in [4.69, 9.17) is 14.0 Å². The van der Waals surface area contributed by atoms with Gasteiger partial charge < -0.3 is 19.3 Å².